The number of aromatic nitrogens is 2. The fraction of sp³-hybridized carbons (Fsp3) is 0.357. The number of anilines is 1. The maximum absolute atomic E-state index is 11.9. The summed E-state index contributed by atoms with van der Waals surface area (Å²) in [6, 6.07) is 0. The van der Waals surface area contributed by atoms with Crippen LogP contribution in [0, 0.1) is 13.8 Å². The second-order valence-electron chi connectivity index (χ2n) is 4.81. The zero-order valence-corrected chi connectivity index (χ0v) is 14.5. The number of nitrogens with one attached hydrogen (secondary N) is 2. The molecular formula is C14H18N4O2S2. The second kappa shape index (κ2) is 6.89. The van der Waals surface area contributed by atoms with Gasteiger partial charge in [-0.25, -0.2) is 4.79 Å². The molecule has 0 aliphatic carbocycles. The van der Waals surface area contributed by atoms with Crippen LogP contribution in [0.25, 0.3) is 0 Å². The van der Waals surface area contributed by atoms with Crippen LogP contribution in [-0.2, 0) is 18.3 Å². The predicted octanol–water partition coefficient (Wildman–Crippen LogP) is 2.37. The Morgan fingerprint density at radius 2 is 2.23 bits per heavy atom. The lowest BCUT2D eigenvalue weighted by atomic mass is 10.1. The van der Waals surface area contributed by atoms with Crippen molar-refractivity contribution in [3.05, 3.63) is 34.0 Å². The van der Waals surface area contributed by atoms with E-state index in [2.05, 4.69) is 15.7 Å². The van der Waals surface area contributed by atoms with Crippen LogP contribution in [0.5, 0.6) is 0 Å². The standard InChI is InChI=1S/C14H18N4O2S2/c1-8-9(2)22-12(11(8)13(19)20-4)17-14(21)15-5-10-6-16-18(3)7-10/h6-7H,5H2,1-4H3,(H2,15,17,21). The molecule has 0 amide bonds. The van der Waals surface area contributed by atoms with Gasteiger partial charge >= 0.3 is 5.97 Å². The summed E-state index contributed by atoms with van der Waals surface area (Å²) in [5.41, 5.74) is 2.48. The minimum absolute atomic E-state index is 0.362. The minimum atomic E-state index is -0.362. The van der Waals surface area contributed by atoms with E-state index in [1.807, 2.05) is 27.1 Å². The van der Waals surface area contributed by atoms with Crippen molar-refractivity contribution in [1.29, 1.82) is 0 Å². The van der Waals surface area contributed by atoms with Gasteiger partial charge in [0, 0.05) is 30.2 Å². The fourth-order valence-electron chi connectivity index (χ4n) is 1.96. The first-order valence-electron chi connectivity index (χ1n) is 6.63. The first-order valence-corrected chi connectivity index (χ1v) is 7.85. The number of nitrogens with zero attached hydrogens (tertiary/aromatic N) is 2. The van der Waals surface area contributed by atoms with Gasteiger partial charge in [-0.1, -0.05) is 0 Å². The van der Waals surface area contributed by atoms with Crippen LogP contribution in [-0.4, -0.2) is 28.0 Å². The summed E-state index contributed by atoms with van der Waals surface area (Å²) in [4.78, 5) is 13.0. The first kappa shape index (κ1) is 16.4. The molecule has 22 heavy (non-hydrogen) atoms. The van der Waals surface area contributed by atoms with Gasteiger partial charge in [-0.3, -0.25) is 4.68 Å². The van der Waals surface area contributed by atoms with E-state index >= 15 is 0 Å². The van der Waals surface area contributed by atoms with Crippen LogP contribution in [0.1, 0.15) is 26.4 Å². The highest BCUT2D eigenvalue weighted by Crippen LogP contribution is 2.32. The van der Waals surface area contributed by atoms with Crippen LogP contribution in [0.15, 0.2) is 12.4 Å². The van der Waals surface area contributed by atoms with Crippen molar-refractivity contribution < 1.29 is 9.53 Å². The van der Waals surface area contributed by atoms with Gasteiger partial charge in [0.15, 0.2) is 5.11 Å². The molecule has 0 aliphatic rings. The summed E-state index contributed by atoms with van der Waals surface area (Å²) in [5.74, 6) is -0.362. The zero-order chi connectivity index (χ0) is 16.3. The summed E-state index contributed by atoms with van der Waals surface area (Å²) in [6.07, 6.45) is 3.68. The number of carbonyl (C=O) groups is 1. The lowest BCUT2D eigenvalue weighted by molar-refractivity contribution is 0.0601. The molecule has 0 bridgehead atoms. The van der Waals surface area contributed by atoms with E-state index in [1.165, 1.54) is 18.4 Å². The number of carbonyl (C=O) groups excluding carboxylic acids is 1. The highest BCUT2D eigenvalue weighted by molar-refractivity contribution is 7.80. The Balaban J connectivity index is 2.05. The summed E-state index contributed by atoms with van der Waals surface area (Å²) in [7, 11) is 3.23. The Morgan fingerprint density at radius 1 is 1.50 bits per heavy atom. The average Bonchev–Trinajstić information content (AvgIpc) is 3.01. The topological polar surface area (TPSA) is 68.2 Å². The van der Waals surface area contributed by atoms with Crippen molar-refractivity contribution in [2.45, 2.75) is 20.4 Å². The molecule has 2 heterocycles. The van der Waals surface area contributed by atoms with Crippen LogP contribution in [0.2, 0.25) is 0 Å². The maximum atomic E-state index is 11.9. The third-order valence-corrected chi connectivity index (χ3v) is 4.58. The van der Waals surface area contributed by atoms with E-state index in [0.29, 0.717) is 22.2 Å². The molecule has 0 atom stereocenters. The molecule has 0 saturated heterocycles. The minimum Gasteiger partial charge on any atom is -0.465 e. The monoisotopic (exact) mass is 338 g/mol. The van der Waals surface area contributed by atoms with Crippen LogP contribution >= 0.6 is 23.6 Å². The number of rotatable bonds is 4. The third kappa shape index (κ3) is 3.63. The quantitative estimate of drug-likeness (QED) is 0.659. The summed E-state index contributed by atoms with van der Waals surface area (Å²) in [5, 5.41) is 11.4. The molecule has 118 valence electrons. The van der Waals surface area contributed by atoms with Gasteiger partial charge in [0.2, 0.25) is 0 Å². The predicted molar refractivity (Wildman–Crippen MR) is 91.4 cm³/mol. The Labute approximate surface area is 138 Å². The van der Waals surface area contributed by atoms with E-state index in [0.717, 1.165) is 16.0 Å². The van der Waals surface area contributed by atoms with E-state index in [1.54, 1.807) is 10.9 Å². The summed E-state index contributed by atoms with van der Waals surface area (Å²) in [6.45, 7) is 4.43. The summed E-state index contributed by atoms with van der Waals surface area (Å²) >= 11 is 6.76. The molecule has 0 saturated carbocycles. The number of hydrogen-bond acceptors (Lipinski definition) is 5. The van der Waals surface area contributed by atoms with Crippen molar-refractivity contribution in [3.63, 3.8) is 0 Å². The van der Waals surface area contributed by atoms with Crippen molar-refractivity contribution in [2.24, 2.45) is 7.05 Å². The van der Waals surface area contributed by atoms with Crippen LogP contribution in [0.4, 0.5) is 5.00 Å². The number of hydrogen-bond donors (Lipinski definition) is 2. The van der Waals surface area contributed by atoms with Gasteiger partial charge in [-0.15, -0.1) is 11.3 Å². The van der Waals surface area contributed by atoms with Crippen molar-refractivity contribution >= 4 is 39.6 Å². The van der Waals surface area contributed by atoms with Gasteiger partial charge in [-0.05, 0) is 31.6 Å². The smallest absolute Gasteiger partial charge is 0.341 e. The van der Waals surface area contributed by atoms with Crippen LogP contribution < -0.4 is 10.6 Å². The zero-order valence-electron chi connectivity index (χ0n) is 12.9. The van der Waals surface area contributed by atoms with Gasteiger partial charge < -0.3 is 15.4 Å². The molecule has 0 aliphatic heterocycles. The highest BCUT2D eigenvalue weighted by Gasteiger charge is 2.20. The van der Waals surface area contributed by atoms with Crippen molar-refractivity contribution in [2.75, 3.05) is 12.4 Å². The number of esters is 1. The number of aryl methyl sites for hydroxylation is 2. The van der Waals surface area contributed by atoms with E-state index in [4.69, 9.17) is 17.0 Å². The maximum Gasteiger partial charge on any atom is 0.341 e. The summed E-state index contributed by atoms with van der Waals surface area (Å²) < 4.78 is 6.57. The third-order valence-electron chi connectivity index (χ3n) is 3.21. The number of ether oxygens (including phenoxy) is 1. The average molecular weight is 338 g/mol. The van der Waals surface area contributed by atoms with E-state index in [9.17, 15) is 4.79 Å². The molecule has 0 fully saturated rings. The van der Waals surface area contributed by atoms with E-state index in [-0.39, 0.29) is 5.97 Å². The molecule has 0 spiro atoms. The molecular weight excluding hydrogens is 320 g/mol. The molecule has 0 radical (unpaired) electrons. The van der Waals surface area contributed by atoms with E-state index < -0.39 is 0 Å². The normalized spacial score (nSPS) is 10.4. The molecule has 0 aromatic carbocycles. The van der Waals surface area contributed by atoms with Gasteiger partial charge in [0.05, 0.1) is 18.9 Å². The first-order chi connectivity index (χ1) is 10.4. The van der Waals surface area contributed by atoms with Crippen LogP contribution in [0.3, 0.4) is 0 Å². The van der Waals surface area contributed by atoms with Crippen molar-refractivity contribution in [3.8, 4) is 0 Å². The van der Waals surface area contributed by atoms with Gasteiger partial charge in [0.25, 0.3) is 0 Å². The largest absolute Gasteiger partial charge is 0.465 e. The molecule has 2 N–H and O–H groups in total. The van der Waals surface area contributed by atoms with Gasteiger partial charge in [-0.2, -0.15) is 5.10 Å². The Hall–Kier alpha value is -1.93. The number of thiophene rings is 1. The second-order valence-corrected chi connectivity index (χ2v) is 6.44. The molecule has 0 unspecified atom stereocenters. The molecule has 8 heteroatoms. The Kier molecular flexibility index (Phi) is 5.15. The Morgan fingerprint density at radius 3 is 2.82 bits per heavy atom. The number of methoxy groups -OCH3 is 1. The molecule has 2 rings (SSSR count). The Bertz CT molecular complexity index is 706. The lowest BCUT2D eigenvalue weighted by Gasteiger charge is -2.10. The lowest BCUT2D eigenvalue weighted by Crippen LogP contribution is -2.28. The SMILES string of the molecule is COC(=O)c1c(NC(=S)NCc2cnn(C)c2)sc(C)c1C. The van der Waals surface area contributed by atoms with Gasteiger partial charge in [0.1, 0.15) is 5.00 Å². The van der Waals surface area contributed by atoms with Crippen molar-refractivity contribution in [1.82, 2.24) is 15.1 Å². The molecule has 6 nitrogen and oxygen atoms in total. The highest BCUT2D eigenvalue weighted by atomic mass is 32.1. The molecule has 2 aromatic heterocycles. The fourth-order valence-corrected chi connectivity index (χ4v) is 3.25. The molecule has 2 aromatic rings. The number of thiocarbonyl (C=S) groups is 1.